The SMILES string of the molecule is CCN(CC)C(=O)C1=C(C)N=c2s/c(=C/c3ccc(OCc4ccccc4C#N)c(OC)c3)c(=O)n2[C@H]1c1c(OC)ccc2ccccc12. The molecule has 49 heavy (non-hydrogen) atoms. The molecule has 6 rings (SSSR count). The molecule has 0 spiro atoms. The fraction of sp³-hybridized carbons (Fsp3) is 0.231. The maximum Gasteiger partial charge on any atom is 0.271 e. The van der Waals surface area contributed by atoms with Crippen molar-refractivity contribution < 1.29 is 19.0 Å². The van der Waals surface area contributed by atoms with Gasteiger partial charge in [0.15, 0.2) is 16.3 Å². The van der Waals surface area contributed by atoms with Crippen LogP contribution in [0.15, 0.2) is 99.9 Å². The molecule has 0 fully saturated rings. The molecule has 0 N–H and O–H groups in total. The summed E-state index contributed by atoms with van der Waals surface area (Å²) in [6.07, 6.45) is 1.80. The number of benzene rings is 4. The maximum atomic E-state index is 14.5. The second kappa shape index (κ2) is 14.2. The lowest BCUT2D eigenvalue weighted by Crippen LogP contribution is -2.43. The molecular weight excluding hydrogens is 637 g/mol. The third kappa shape index (κ3) is 6.21. The smallest absolute Gasteiger partial charge is 0.271 e. The quantitative estimate of drug-likeness (QED) is 0.188. The highest BCUT2D eigenvalue weighted by molar-refractivity contribution is 7.07. The van der Waals surface area contributed by atoms with Crippen molar-refractivity contribution in [1.82, 2.24) is 9.47 Å². The second-order valence-electron chi connectivity index (χ2n) is 11.4. The Hall–Kier alpha value is -5.66. The fourth-order valence-electron chi connectivity index (χ4n) is 6.24. The normalized spacial score (nSPS) is 14.2. The summed E-state index contributed by atoms with van der Waals surface area (Å²) in [6.45, 7) is 6.94. The van der Waals surface area contributed by atoms with Gasteiger partial charge in [-0.25, -0.2) is 4.99 Å². The second-order valence-corrected chi connectivity index (χ2v) is 12.4. The Kier molecular flexibility index (Phi) is 9.65. The van der Waals surface area contributed by atoms with Gasteiger partial charge in [-0.3, -0.25) is 14.2 Å². The standard InChI is InChI=1S/C39H36N4O5S/c1-6-42(7-2)38(45)34-24(3)41-39-43(36(34)35-29-15-11-10-12-26(29)17-19-31(35)46-4)37(44)33(49-39)21-25-16-18-30(32(20-25)47-5)48-23-28-14-9-8-13-27(28)22-40/h8-21,36H,6-7,23H2,1-5H3/b33-21+/t36-/m1/s1. The number of amides is 1. The molecule has 0 radical (unpaired) electrons. The van der Waals surface area contributed by atoms with Crippen molar-refractivity contribution in [3.8, 4) is 23.3 Å². The van der Waals surface area contributed by atoms with Crippen LogP contribution in [0.4, 0.5) is 0 Å². The summed E-state index contributed by atoms with van der Waals surface area (Å²) < 4.78 is 19.7. The molecule has 0 saturated carbocycles. The minimum absolute atomic E-state index is 0.168. The highest BCUT2D eigenvalue weighted by Gasteiger charge is 2.36. The summed E-state index contributed by atoms with van der Waals surface area (Å²) in [4.78, 5) is 35.8. The molecule has 4 aromatic carbocycles. The lowest BCUT2D eigenvalue weighted by Gasteiger charge is -2.30. The molecule has 248 valence electrons. The van der Waals surface area contributed by atoms with Gasteiger partial charge in [0.05, 0.1) is 41.7 Å². The Labute approximate surface area is 288 Å². The zero-order valence-corrected chi connectivity index (χ0v) is 28.8. The van der Waals surface area contributed by atoms with E-state index in [0.29, 0.717) is 56.5 Å². The number of hydrogen-bond donors (Lipinski definition) is 0. The molecule has 0 aliphatic carbocycles. The number of carbonyl (C=O) groups is 1. The average molecular weight is 673 g/mol. The van der Waals surface area contributed by atoms with E-state index in [2.05, 4.69) is 6.07 Å². The van der Waals surface area contributed by atoms with Crippen molar-refractivity contribution >= 4 is 34.1 Å². The first-order chi connectivity index (χ1) is 23.8. The van der Waals surface area contributed by atoms with Crippen LogP contribution in [0.2, 0.25) is 0 Å². The molecule has 0 unspecified atom stereocenters. The number of allylic oxidation sites excluding steroid dienone is 1. The van der Waals surface area contributed by atoms with Crippen LogP contribution in [-0.4, -0.2) is 42.7 Å². The molecule has 1 amide bonds. The zero-order chi connectivity index (χ0) is 34.7. The summed E-state index contributed by atoms with van der Waals surface area (Å²) in [7, 11) is 3.15. The van der Waals surface area contributed by atoms with Gasteiger partial charge >= 0.3 is 0 Å². The highest BCUT2D eigenvalue weighted by Crippen LogP contribution is 2.40. The largest absolute Gasteiger partial charge is 0.496 e. The number of carbonyl (C=O) groups excluding carboxylic acids is 1. The van der Waals surface area contributed by atoms with Gasteiger partial charge in [0.1, 0.15) is 18.4 Å². The Balaban J connectivity index is 1.48. The van der Waals surface area contributed by atoms with E-state index in [1.54, 1.807) is 48.0 Å². The molecule has 1 aliphatic rings. The number of hydrogen-bond acceptors (Lipinski definition) is 8. The monoisotopic (exact) mass is 672 g/mol. The van der Waals surface area contributed by atoms with Gasteiger partial charge < -0.3 is 19.1 Å². The molecule has 2 heterocycles. The van der Waals surface area contributed by atoms with Crippen molar-refractivity contribution in [1.29, 1.82) is 5.26 Å². The van der Waals surface area contributed by atoms with E-state index in [4.69, 9.17) is 19.2 Å². The number of rotatable bonds is 10. The first kappa shape index (κ1) is 33.2. The minimum atomic E-state index is -0.769. The highest BCUT2D eigenvalue weighted by atomic mass is 32.1. The molecule has 1 atom stereocenters. The summed E-state index contributed by atoms with van der Waals surface area (Å²) >= 11 is 1.27. The Bertz CT molecular complexity index is 2330. The van der Waals surface area contributed by atoms with Crippen molar-refractivity contribution in [3.05, 3.63) is 132 Å². The molecule has 0 bridgehead atoms. The van der Waals surface area contributed by atoms with Crippen LogP contribution in [0.5, 0.6) is 17.2 Å². The number of nitriles is 1. The fourth-order valence-corrected chi connectivity index (χ4v) is 7.29. The summed E-state index contributed by atoms with van der Waals surface area (Å²) in [6, 6.07) is 25.9. The first-order valence-electron chi connectivity index (χ1n) is 16.0. The third-order valence-electron chi connectivity index (χ3n) is 8.73. The van der Waals surface area contributed by atoms with Crippen LogP contribution in [0.3, 0.4) is 0 Å². The van der Waals surface area contributed by atoms with Gasteiger partial charge in [0.25, 0.3) is 11.5 Å². The van der Waals surface area contributed by atoms with E-state index in [1.165, 1.54) is 11.3 Å². The van der Waals surface area contributed by atoms with E-state index in [-0.39, 0.29) is 18.1 Å². The van der Waals surface area contributed by atoms with Crippen LogP contribution in [0, 0.1) is 11.3 Å². The zero-order valence-electron chi connectivity index (χ0n) is 28.0. The topological polar surface area (TPSA) is 106 Å². The van der Waals surface area contributed by atoms with Gasteiger partial charge in [-0.1, -0.05) is 65.9 Å². The molecule has 1 aromatic heterocycles. The number of methoxy groups -OCH3 is 2. The Morgan fingerprint density at radius 1 is 0.980 bits per heavy atom. The van der Waals surface area contributed by atoms with Gasteiger partial charge in [-0.05, 0) is 67.4 Å². The van der Waals surface area contributed by atoms with Crippen LogP contribution in [-0.2, 0) is 11.4 Å². The number of ether oxygens (including phenoxy) is 3. The van der Waals surface area contributed by atoms with Gasteiger partial charge in [0.2, 0.25) is 0 Å². The summed E-state index contributed by atoms with van der Waals surface area (Å²) in [5.74, 6) is 1.40. The predicted molar refractivity (Wildman–Crippen MR) is 191 cm³/mol. The number of fused-ring (bicyclic) bond motifs is 2. The minimum Gasteiger partial charge on any atom is -0.496 e. The molecule has 1 aliphatic heterocycles. The van der Waals surface area contributed by atoms with Crippen molar-refractivity contribution in [2.45, 2.75) is 33.4 Å². The van der Waals surface area contributed by atoms with Crippen LogP contribution < -0.4 is 29.1 Å². The Morgan fingerprint density at radius 2 is 1.69 bits per heavy atom. The van der Waals surface area contributed by atoms with Crippen LogP contribution in [0.25, 0.3) is 16.8 Å². The van der Waals surface area contributed by atoms with Gasteiger partial charge in [-0.15, -0.1) is 0 Å². The van der Waals surface area contributed by atoms with E-state index in [0.717, 1.165) is 27.5 Å². The van der Waals surface area contributed by atoms with Gasteiger partial charge in [-0.2, -0.15) is 5.26 Å². The summed E-state index contributed by atoms with van der Waals surface area (Å²) in [5.41, 5.74) is 3.51. The van der Waals surface area contributed by atoms with Crippen molar-refractivity contribution in [2.75, 3.05) is 27.3 Å². The first-order valence-corrected chi connectivity index (χ1v) is 16.8. The van der Waals surface area contributed by atoms with E-state index in [1.807, 2.05) is 81.4 Å². The summed E-state index contributed by atoms with van der Waals surface area (Å²) in [5, 5.41) is 11.3. The number of aromatic nitrogens is 1. The van der Waals surface area contributed by atoms with E-state index >= 15 is 0 Å². The molecule has 5 aromatic rings. The van der Waals surface area contributed by atoms with Gasteiger partial charge in [0, 0.05) is 24.2 Å². The number of nitrogens with zero attached hydrogens (tertiary/aromatic N) is 4. The van der Waals surface area contributed by atoms with Crippen molar-refractivity contribution in [2.24, 2.45) is 4.99 Å². The maximum absolute atomic E-state index is 14.5. The van der Waals surface area contributed by atoms with E-state index in [9.17, 15) is 14.9 Å². The van der Waals surface area contributed by atoms with Crippen LogP contribution >= 0.6 is 11.3 Å². The molecule has 0 saturated heterocycles. The van der Waals surface area contributed by atoms with Crippen LogP contribution in [0.1, 0.15) is 49.1 Å². The molecular formula is C39H36N4O5S. The number of thiazole rings is 1. The molecule has 10 heteroatoms. The van der Waals surface area contributed by atoms with E-state index < -0.39 is 6.04 Å². The number of likely N-dealkylation sites (N-methyl/N-ethyl adjacent to an activating group) is 1. The molecule has 9 nitrogen and oxygen atoms in total. The Morgan fingerprint density at radius 3 is 2.43 bits per heavy atom. The lowest BCUT2D eigenvalue weighted by atomic mass is 9.90. The van der Waals surface area contributed by atoms with Crippen molar-refractivity contribution in [3.63, 3.8) is 0 Å². The predicted octanol–water partition coefficient (Wildman–Crippen LogP) is 5.72. The third-order valence-corrected chi connectivity index (χ3v) is 9.72. The lowest BCUT2D eigenvalue weighted by molar-refractivity contribution is -0.127. The average Bonchev–Trinajstić information content (AvgIpc) is 3.43.